The maximum Gasteiger partial charge on any atom is 0.241 e. The molecule has 0 aliphatic rings. The maximum atomic E-state index is 12.5. The Morgan fingerprint density at radius 3 is 2.57 bits per heavy atom. The standard InChI is InChI=1S/C14H18N2O4S/c1-9-14(11(3)20-15-9)10(2)16-21(18,19)13-7-5-4-6-12(13)8-17/h4-7,10,16-17H,8H2,1-3H3. The van der Waals surface area contributed by atoms with Gasteiger partial charge in [0.05, 0.1) is 17.2 Å². The number of nitrogens with zero attached hydrogens (tertiary/aromatic N) is 1. The molecular weight excluding hydrogens is 292 g/mol. The van der Waals surface area contributed by atoms with Crippen LogP contribution in [0.15, 0.2) is 33.7 Å². The summed E-state index contributed by atoms with van der Waals surface area (Å²) in [5.41, 5.74) is 1.73. The maximum absolute atomic E-state index is 12.5. The van der Waals surface area contributed by atoms with E-state index in [1.165, 1.54) is 6.07 Å². The van der Waals surface area contributed by atoms with E-state index in [2.05, 4.69) is 9.88 Å². The molecule has 114 valence electrons. The molecule has 0 aliphatic heterocycles. The number of hydrogen-bond donors (Lipinski definition) is 2. The molecule has 1 atom stereocenters. The first kappa shape index (κ1) is 15.7. The van der Waals surface area contributed by atoms with Crippen LogP contribution in [0.4, 0.5) is 0 Å². The molecule has 0 saturated heterocycles. The molecule has 0 radical (unpaired) electrons. The SMILES string of the molecule is Cc1noc(C)c1C(C)NS(=O)(=O)c1ccccc1CO. The van der Waals surface area contributed by atoms with Crippen molar-refractivity contribution in [1.29, 1.82) is 0 Å². The molecule has 2 N–H and O–H groups in total. The number of aliphatic hydroxyl groups is 1. The van der Waals surface area contributed by atoms with Crippen LogP contribution in [0.25, 0.3) is 0 Å². The van der Waals surface area contributed by atoms with E-state index >= 15 is 0 Å². The topological polar surface area (TPSA) is 92.4 Å². The number of aromatic nitrogens is 1. The molecule has 0 aliphatic carbocycles. The van der Waals surface area contributed by atoms with Gasteiger partial charge in [-0.15, -0.1) is 0 Å². The molecule has 1 unspecified atom stereocenters. The molecule has 6 nitrogen and oxygen atoms in total. The number of sulfonamides is 1. The van der Waals surface area contributed by atoms with Gasteiger partial charge >= 0.3 is 0 Å². The first-order valence-electron chi connectivity index (χ1n) is 6.50. The normalized spacial score (nSPS) is 13.3. The second kappa shape index (κ2) is 5.97. The van der Waals surface area contributed by atoms with E-state index in [1.807, 2.05) is 0 Å². The number of aryl methyl sites for hydroxylation is 2. The highest BCUT2D eigenvalue weighted by Gasteiger charge is 2.24. The zero-order valence-corrected chi connectivity index (χ0v) is 12.9. The number of nitrogens with one attached hydrogen (secondary N) is 1. The van der Waals surface area contributed by atoms with Crippen LogP contribution >= 0.6 is 0 Å². The van der Waals surface area contributed by atoms with Crippen LogP contribution in [-0.4, -0.2) is 18.7 Å². The Morgan fingerprint density at radius 1 is 1.33 bits per heavy atom. The van der Waals surface area contributed by atoms with E-state index in [0.717, 1.165) is 5.56 Å². The molecule has 1 aromatic heterocycles. The molecule has 2 aromatic rings. The summed E-state index contributed by atoms with van der Waals surface area (Å²) in [6, 6.07) is 5.87. The lowest BCUT2D eigenvalue weighted by Gasteiger charge is -2.15. The average molecular weight is 310 g/mol. The smallest absolute Gasteiger partial charge is 0.241 e. The van der Waals surface area contributed by atoms with Crippen LogP contribution < -0.4 is 4.72 Å². The number of hydrogen-bond acceptors (Lipinski definition) is 5. The van der Waals surface area contributed by atoms with Crippen LogP contribution in [0, 0.1) is 13.8 Å². The zero-order valence-electron chi connectivity index (χ0n) is 12.1. The molecule has 0 spiro atoms. The van der Waals surface area contributed by atoms with Crippen LogP contribution in [0.3, 0.4) is 0 Å². The average Bonchev–Trinajstić information content (AvgIpc) is 2.77. The summed E-state index contributed by atoms with van der Waals surface area (Å²) in [7, 11) is -3.74. The molecule has 1 heterocycles. The summed E-state index contributed by atoms with van der Waals surface area (Å²) >= 11 is 0. The molecule has 0 amide bonds. The fraction of sp³-hybridized carbons (Fsp3) is 0.357. The van der Waals surface area contributed by atoms with Crippen LogP contribution in [0.1, 0.15) is 35.5 Å². The van der Waals surface area contributed by atoms with Gasteiger partial charge in [-0.05, 0) is 32.4 Å². The third kappa shape index (κ3) is 3.15. The first-order valence-corrected chi connectivity index (χ1v) is 7.99. The van der Waals surface area contributed by atoms with Crippen molar-refractivity contribution < 1.29 is 18.0 Å². The van der Waals surface area contributed by atoms with Crippen LogP contribution in [0.5, 0.6) is 0 Å². The van der Waals surface area contributed by atoms with Gasteiger partial charge in [-0.2, -0.15) is 0 Å². The molecule has 0 fully saturated rings. The van der Waals surface area contributed by atoms with Gasteiger partial charge in [0.25, 0.3) is 0 Å². The van der Waals surface area contributed by atoms with Crippen molar-refractivity contribution in [3.8, 4) is 0 Å². The zero-order chi connectivity index (χ0) is 15.6. The molecule has 7 heteroatoms. The quantitative estimate of drug-likeness (QED) is 0.879. The Kier molecular flexibility index (Phi) is 4.46. The van der Waals surface area contributed by atoms with Crippen molar-refractivity contribution in [3.05, 3.63) is 46.8 Å². The fourth-order valence-electron chi connectivity index (χ4n) is 2.36. The molecule has 21 heavy (non-hydrogen) atoms. The van der Waals surface area contributed by atoms with E-state index in [1.54, 1.807) is 39.0 Å². The predicted octanol–water partition coefficient (Wildman–Crippen LogP) is 1.82. The minimum Gasteiger partial charge on any atom is -0.392 e. The van der Waals surface area contributed by atoms with Gasteiger partial charge in [0.2, 0.25) is 10.0 Å². The largest absolute Gasteiger partial charge is 0.392 e. The molecular formula is C14H18N2O4S. The van der Waals surface area contributed by atoms with Gasteiger partial charge in [0.15, 0.2) is 0 Å². The summed E-state index contributed by atoms with van der Waals surface area (Å²) in [6.45, 7) is 4.89. The van der Waals surface area contributed by atoms with E-state index < -0.39 is 16.1 Å². The lowest BCUT2D eigenvalue weighted by molar-refractivity contribution is 0.278. The van der Waals surface area contributed by atoms with Crippen molar-refractivity contribution in [2.45, 2.75) is 38.3 Å². The van der Waals surface area contributed by atoms with Crippen molar-refractivity contribution in [1.82, 2.24) is 9.88 Å². The number of aliphatic hydroxyl groups excluding tert-OH is 1. The summed E-state index contributed by atoms with van der Waals surface area (Å²) in [5.74, 6) is 0.582. The predicted molar refractivity (Wildman–Crippen MR) is 77.1 cm³/mol. The number of rotatable bonds is 5. The highest BCUT2D eigenvalue weighted by molar-refractivity contribution is 7.89. The van der Waals surface area contributed by atoms with Crippen LogP contribution in [-0.2, 0) is 16.6 Å². The minimum absolute atomic E-state index is 0.0751. The lowest BCUT2D eigenvalue weighted by Crippen LogP contribution is -2.28. The van der Waals surface area contributed by atoms with Gasteiger partial charge in [-0.25, -0.2) is 13.1 Å². The molecule has 0 saturated carbocycles. The summed E-state index contributed by atoms with van der Waals surface area (Å²) < 4.78 is 32.6. The fourth-order valence-corrected chi connectivity index (χ4v) is 3.81. The van der Waals surface area contributed by atoms with E-state index in [0.29, 0.717) is 17.0 Å². The highest BCUT2D eigenvalue weighted by Crippen LogP contribution is 2.24. The Balaban J connectivity index is 2.34. The molecule has 1 aromatic carbocycles. The van der Waals surface area contributed by atoms with Crippen molar-refractivity contribution >= 4 is 10.0 Å². The summed E-state index contributed by atoms with van der Waals surface area (Å²) in [5, 5.41) is 13.1. The van der Waals surface area contributed by atoms with Crippen molar-refractivity contribution in [2.24, 2.45) is 0 Å². The van der Waals surface area contributed by atoms with Crippen molar-refractivity contribution in [3.63, 3.8) is 0 Å². The van der Waals surface area contributed by atoms with E-state index in [-0.39, 0.29) is 11.5 Å². The van der Waals surface area contributed by atoms with Gasteiger partial charge in [0.1, 0.15) is 5.76 Å². The third-order valence-electron chi connectivity index (χ3n) is 3.29. The van der Waals surface area contributed by atoms with Crippen molar-refractivity contribution in [2.75, 3.05) is 0 Å². The number of benzene rings is 1. The monoisotopic (exact) mass is 310 g/mol. The highest BCUT2D eigenvalue weighted by atomic mass is 32.2. The van der Waals surface area contributed by atoms with Gasteiger partial charge in [0, 0.05) is 11.6 Å². The first-order chi connectivity index (χ1) is 9.86. The van der Waals surface area contributed by atoms with E-state index in [4.69, 9.17) is 4.52 Å². The summed E-state index contributed by atoms with van der Waals surface area (Å²) in [4.78, 5) is 0.0751. The Hall–Kier alpha value is -1.70. The second-order valence-corrected chi connectivity index (χ2v) is 6.53. The van der Waals surface area contributed by atoms with Gasteiger partial charge in [-0.1, -0.05) is 23.4 Å². The Morgan fingerprint density at radius 2 is 2.00 bits per heavy atom. The van der Waals surface area contributed by atoms with Gasteiger partial charge in [-0.3, -0.25) is 0 Å². The summed E-state index contributed by atoms with van der Waals surface area (Å²) in [6.07, 6.45) is 0. The van der Waals surface area contributed by atoms with Gasteiger partial charge < -0.3 is 9.63 Å². The Bertz CT molecular complexity index is 718. The Labute approximate surface area is 123 Å². The molecule has 2 rings (SSSR count). The minimum atomic E-state index is -3.74. The molecule has 0 bridgehead atoms. The van der Waals surface area contributed by atoms with E-state index in [9.17, 15) is 13.5 Å². The second-order valence-electron chi connectivity index (χ2n) is 4.85. The third-order valence-corrected chi connectivity index (χ3v) is 4.93. The van der Waals surface area contributed by atoms with Crippen LogP contribution in [0.2, 0.25) is 0 Å². The lowest BCUT2D eigenvalue weighted by atomic mass is 10.1.